The minimum absolute atomic E-state index is 0.0720. The zero-order chi connectivity index (χ0) is 11.5. The first-order chi connectivity index (χ1) is 7.69. The zero-order valence-corrected chi connectivity index (χ0v) is 10.2. The third-order valence-electron chi connectivity index (χ3n) is 1.98. The van der Waals surface area contributed by atoms with Gasteiger partial charge < -0.3 is 0 Å². The van der Waals surface area contributed by atoms with Gasteiger partial charge in [-0.15, -0.1) is 0 Å². The summed E-state index contributed by atoms with van der Waals surface area (Å²) in [6.45, 7) is 1.79. The Morgan fingerprint density at radius 2 is 2.38 bits per heavy atom. The number of aromatic nitrogens is 1. The average Bonchev–Trinajstić information content (AvgIpc) is 2.67. The Bertz CT molecular complexity index is 526. The quantitative estimate of drug-likeness (QED) is 0.830. The molecule has 16 heavy (non-hydrogen) atoms. The van der Waals surface area contributed by atoms with Gasteiger partial charge >= 0.3 is 0 Å². The lowest BCUT2D eigenvalue weighted by atomic mass is 10.3. The number of hydrogen-bond acceptors (Lipinski definition) is 4. The van der Waals surface area contributed by atoms with Gasteiger partial charge in [0.15, 0.2) is 0 Å². The van der Waals surface area contributed by atoms with Gasteiger partial charge in [-0.1, -0.05) is 29.9 Å². The molecule has 0 aliphatic heterocycles. The van der Waals surface area contributed by atoms with E-state index in [-0.39, 0.29) is 5.91 Å². The van der Waals surface area contributed by atoms with Crippen LogP contribution < -0.4 is 10.9 Å². The maximum absolute atomic E-state index is 11.0. The number of amides is 1. The number of halogens is 1. The van der Waals surface area contributed by atoms with Crippen LogP contribution in [-0.2, 0) is 4.79 Å². The topological polar surface area (TPSA) is 54.0 Å². The second-order valence-electron chi connectivity index (χ2n) is 3.16. The molecular weight excluding hydrogens is 246 g/mol. The summed E-state index contributed by atoms with van der Waals surface area (Å²) in [4.78, 5) is 15.3. The summed E-state index contributed by atoms with van der Waals surface area (Å²) in [5.74, 6) is -0.0720. The Labute approximate surface area is 102 Å². The number of nitrogens with zero attached hydrogens (tertiary/aromatic N) is 1. The summed E-state index contributed by atoms with van der Waals surface area (Å²) in [6.07, 6.45) is 0.434. The van der Waals surface area contributed by atoms with Crippen LogP contribution in [0.25, 0.3) is 10.2 Å². The van der Waals surface area contributed by atoms with Crippen molar-refractivity contribution in [3.63, 3.8) is 0 Å². The summed E-state index contributed by atoms with van der Waals surface area (Å²) in [5, 5.41) is 1.33. The molecule has 0 saturated heterocycles. The molecule has 2 N–H and O–H groups in total. The second-order valence-corrected chi connectivity index (χ2v) is 4.62. The van der Waals surface area contributed by atoms with E-state index in [1.165, 1.54) is 11.3 Å². The lowest BCUT2D eigenvalue weighted by Crippen LogP contribution is -2.28. The molecule has 0 aliphatic rings. The third-order valence-corrected chi connectivity index (χ3v) is 3.15. The minimum Gasteiger partial charge on any atom is -0.273 e. The van der Waals surface area contributed by atoms with Crippen LogP contribution in [0.5, 0.6) is 0 Å². The summed E-state index contributed by atoms with van der Waals surface area (Å²) in [6, 6.07) is 5.49. The standard InChI is InChI=1S/C10H10ClN3OS/c1-2-9(15)13-14-10-12-7-4-3-6(11)5-8(7)16-10/h3-5H,2H2,1H3,(H,12,14)(H,13,15). The summed E-state index contributed by atoms with van der Waals surface area (Å²) < 4.78 is 0.987. The third kappa shape index (κ3) is 2.43. The van der Waals surface area contributed by atoms with Gasteiger partial charge in [0.25, 0.3) is 0 Å². The van der Waals surface area contributed by atoms with Gasteiger partial charge in [-0.2, -0.15) is 0 Å². The molecule has 0 bridgehead atoms. The minimum atomic E-state index is -0.0720. The van der Waals surface area contributed by atoms with Gasteiger partial charge in [0.1, 0.15) is 0 Å². The molecule has 4 nitrogen and oxygen atoms in total. The van der Waals surface area contributed by atoms with Gasteiger partial charge in [0, 0.05) is 11.4 Å². The highest BCUT2D eigenvalue weighted by molar-refractivity contribution is 7.22. The molecule has 1 aromatic heterocycles. The number of rotatable bonds is 3. The van der Waals surface area contributed by atoms with Gasteiger partial charge in [-0.05, 0) is 18.2 Å². The number of hydrogen-bond donors (Lipinski definition) is 2. The van der Waals surface area contributed by atoms with Crippen molar-refractivity contribution >= 4 is 44.2 Å². The number of carbonyl (C=O) groups is 1. The van der Waals surface area contributed by atoms with Crippen LogP contribution in [0.15, 0.2) is 18.2 Å². The van der Waals surface area contributed by atoms with Crippen molar-refractivity contribution < 1.29 is 4.79 Å². The van der Waals surface area contributed by atoms with Crippen LogP contribution in [0.1, 0.15) is 13.3 Å². The number of anilines is 1. The van der Waals surface area contributed by atoms with Crippen molar-refractivity contribution in [1.82, 2.24) is 10.4 Å². The van der Waals surface area contributed by atoms with Gasteiger partial charge in [0.05, 0.1) is 10.2 Å². The maximum atomic E-state index is 11.0. The van der Waals surface area contributed by atoms with Crippen molar-refractivity contribution in [2.24, 2.45) is 0 Å². The highest BCUT2D eigenvalue weighted by atomic mass is 35.5. The molecule has 0 radical (unpaired) electrons. The van der Waals surface area contributed by atoms with Crippen molar-refractivity contribution in [3.8, 4) is 0 Å². The predicted molar refractivity (Wildman–Crippen MR) is 66.7 cm³/mol. The fraction of sp³-hybridized carbons (Fsp3) is 0.200. The van der Waals surface area contributed by atoms with E-state index in [9.17, 15) is 4.79 Å². The maximum Gasteiger partial charge on any atom is 0.238 e. The summed E-state index contributed by atoms with van der Waals surface area (Å²) in [5.41, 5.74) is 6.18. The first kappa shape index (κ1) is 11.2. The van der Waals surface area contributed by atoms with E-state index in [0.29, 0.717) is 16.6 Å². The molecule has 0 unspecified atom stereocenters. The van der Waals surface area contributed by atoms with Crippen LogP contribution in [0.4, 0.5) is 5.13 Å². The molecule has 1 aromatic carbocycles. The monoisotopic (exact) mass is 255 g/mol. The molecule has 6 heteroatoms. The number of thiazole rings is 1. The van der Waals surface area contributed by atoms with E-state index in [1.54, 1.807) is 13.0 Å². The van der Waals surface area contributed by atoms with E-state index < -0.39 is 0 Å². The average molecular weight is 256 g/mol. The molecular formula is C10H10ClN3OS. The van der Waals surface area contributed by atoms with Crippen LogP contribution in [0.3, 0.4) is 0 Å². The van der Waals surface area contributed by atoms with E-state index in [1.807, 2.05) is 12.1 Å². The molecule has 0 atom stereocenters. The van der Waals surface area contributed by atoms with Gasteiger partial charge in [-0.3, -0.25) is 15.6 Å². The molecule has 2 rings (SSSR count). The highest BCUT2D eigenvalue weighted by Gasteiger charge is 2.04. The molecule has 0 spiro atoms. The SMILES string of the molecule is CCC(=O)NNc1nc2ccc(Cl)cc2s1. The van der Waals surface area contributed by atoms with Crippen molar-refractivity contribution in [2.75, 3.05) is 5.43 Å². The predicted octanol–water partition coefficient (Wildman–Crippen LogP) is 2.80. The van der Waals surface area contributed by atoms with Crippen molar-refractivity contribution in [3.05, 3.63) is 23.2 Å². The highest BCUT2D eigenvalue weighted by Crippen LogP contribution is 2.27. The number of fused-ring (bicyclic) bond motifs is 1. The molecule has 0 saturated carbocycles. The fourth-order valence-corrected chi connectivity index (χ4v) is 2.26. The Morgan fingerprint density at radius 3 is 3.12 bits per heavy atom. The fourth-order valence-electron chi connectivity index (χ4n) is 1.16. The normalized spacial score (nSPS) is 10.4. The molecule has 0 fully saturated rings. The molecule has 2 aromatic rings. The Kier molecular flexibility index (Phi) is 3.26. The Morgan fingerprint density at radius 1 is 1.56 bits per heavy atom. The van der Waals surface area contributed by atoms with Crippen LogP contribution in [0.2, 0.25) is 5.02 Å². The number of nitrogens with one attached hydrogen (secondary N) is 2. The molecule has 0 aliphatic carbocycles. The van der Waals surface area contributed by atoms with Gasteiger partial charge in [0.2, 0.25) is 11.0 Å². The van der Waals surface area contributed by atoms with E-state index in [4.69, 9.17) is 11.6 Å². The first-order valence-corrected chi connectivity index (χ1v) is 5.99. The van der Waals surface area contributed by atoms with Crippen LogP contribution >= 0.6 is 22.9 Å². The molecule has 1 heterocycles. The number of carbonyl (C=O) groups excluding carboxylic acids is 1. The van der Waals surface area contributed by atoms with Crippen molar-refractivity contribution in [1.29, 1.82) is 0 Å². The number of hydrazine groups is 1. The van der Waals surface area contributed by atoms with Crippen LogP contribution in [0, 0.1) is 0 Å². The summed E-state index contributed by atoms with van der Waals surface area (Å²) >= 11 is 7.31. The summed E-state index contributed by atoms with van der Waals surface area (Å²) in [7, 11) is 0. The van der Waals surface area contributed by atoms with Crippen LogP contribution in [-0.4, -0.2) is 10.9 Å². The zero-order valence-electron chi connectivity index (χ0n) is 8.58. The Balaban J connectivity index is 2.16. The smallest absolute Gasteiger partial charge is 0.238 e. The lowest BCUT2D eigenvalue weighted by Gasteiger charge is -2.01. The van der Waals surface area contributed by atoms with Crippen molar-refractivity contribution in [2.45, 2.75) is 13.3 Å². The first-order valence-electron chi connectivity index (χ1n) is 4.80. The lowest BCUT2D eigenvalue weighted by molar-refractivity contribution is -0.120. The molecule has 84 valence electrons. The van der Waals surface area contributed by atoms with E-state index in [2.05, 4.69) is 15.8 Å². The van der Waals surface area contributed by atoms with E-state index in [0.717, 1.165) is 10.2 Å². The number of benzene rings is 1. The van der Waals surface area contributed by atoms with Gasteiger partial charge in [-0.25, -0.2) is 4.98 Å². The second kappa shape index (κ2) is 4.67. The largest absolute Gasteiger partial charge is 0.273 e. The molecule has 1 amide bonds. The van der Waals surface area contributed by atoms with E-state index >= 15 is 0 Å². The Hall–Kier alpha value is -1.33.